The quantitative estimate of drug-likeness (QED) is 0.695. The van der Waals surface area contributed by atoms with Crippen LogP contribution in [0.25, 0.3) is 16.3 Å². The zero-order valence-electron chi connectivity index (χ0n) is 12.7. The first-order valence-corrected chi connectivity index (χ1v) is 6.74. The van der Waals surface area contributed by atoms with Gasteiger partial charge in [-0.25, -0.2) is 0 Å². The molecule has 1 unspecified atom stereocenters. The SMILES string of the molecule is CC1=CCC(c2ccc3ccccc3c2C(C)O)=C1.Cl.Cl.[Ti]. The molecular weight excluding hydrogens is 351 g/mol. The van der Waals surface area contributed by atoms with Crippen LogP contribution in [-0.4, -0.2) is 5.11 Å². The van der Waals surface area contributed by atoms with Crippen molar-refractivity contribution in [1.82, 2.24) is 0 Å². The first-order chi connectivity index (χ1) is 9.16. The molecule has 2 aromatic carbocycles. The smallest absolute Gasteiger partial charge is 0.0773 e. The first-order valence-electron chi connectivity index (χ1n) is 6.74. The van der Waals surface area contributed by atoms with E-state index in [0.29, 0.717) is 0 Å². The molecule has 3 rings (SSSR count). The molecule has 2 aromatic rings. The molecule has 0 fully saturated rings. The van der Waals surface area contributed by atoms with Crippen LogP contribution < -0.4 is 0 Å². The van der Waals surface area contributed by atoms with Gasteiger partial charge in [0.05, 0.1) is 6.10 Å². The fourth-order valence-corrected chi connectivity index (χ4v) is 2.88. The van der Waals surface area contributed by atoms with Gasteiger partial charge < -0.3 is 5.11 Å². The van der Waals surface area contributed by atoms with E-state index in [1.807, 2.05) is 19.1 Å². The number of rotatable bonds is 2. The van der Waals surface area contributed by atoms with Crippen LogP contribution in [0.4, 0.5) is 0 Å². The molecule has 0 aliphatic heterocycles. The van der Waals surface area contributed by atoms with E-state index in [4.69, 9.17) is 0 Å². The van der Waals surface area contributed by atoms with E-state index in [1.165, 1.54) is 22.1 Å². The van der Waals surface area contributed by atoms with Crippen molar-refractivity contribution >= 4 is 41.2 Å². The van der Waals surface area contributed by atoms with Crippen molar-refractivity contribution in [2.45, 2.75) is 26.4 Å². The summed E-state index contributed by atoms with van der Waals surface area (Å²) >= 11 is 0. The molecular formula is C18H20Cl2OTi. The predicted octanol–water partition coefficient (Wildman–Crippen LogP) is 5.47. The summed E-state index contributed by atoms with van der Waals surface area (Å²) in [6, 6.07) is 12.5. The van der Waals surface area contributed by atoms with Gasteiger partial charge >= 0.3 is 0 Å². The van der Waals surface area contributed by atoms with Gasteiger partial charge in [0.2, 0.25) is 0 Å². The first kappa shape index (κ1) is 21.4. The molecule has 1 aliphatic carbocycles. The van der Waals surface area contributed by atoms with Crippen LogP contribution in [0.15, 0.2) is 54.1 Å². The Kier molecular flexibility index (Phi) is 8.68. The zero-order chi connectivity index (χ0) is 13.4. The summed E-state index contributed by atoms with van der Waals surface area (Å²) in [5, 5.41) is 12.5. The summed E-state index contributed by atoms with van der Waals surface area (Å²) in [6.45, 7) is 3.97. The number of hydrogen-bond donors (Lipinski definition) is 1. The van der Waals surface area contributed by atoms with Crippen LogP contribution in [0, 0.1) is 0 Å². The number of aliphatic hydroxyl groups excluding tert-OH is 1. The fourth-order valence-electron chi connectivity index (χ4n) is 2.88. The van der Waals surface area contributed by atoms with Gasteiger partial charge in [-0.15, -0.1) is 24.8 Å². The van der Waals surface area contributed by atoms with E-state index in [2.05, 4.69) is 43.3 Å². The van der Waals surface area contributed by atoms with Gasteiger partial charge in [0, 0.05) is 21.7 Å². The van der Waals surface area contributed by atoms with Crippen molar-refractivity contribution in [3.05, 3.63) is 65.3 Å². The molecule has 1 atom stereocenters. The summed E-state index contributed by atoms with van der Waals surface area (Å²) < 4.78 is 0. The van der Waals surface area contributed by atoms with Gasteiger partial charge in [0.1, 0.15) is 0 Å². The Bertz CT molecular complexity index is 705. The number of halogens is 2. The molecule has 22 heavy (non-hydrogen) atoms. The van der Waals surface area contributed by atoms with E-state index >= 15 is 0 Å². The molecule has 0 saturated heterocycles. The van der Waals surface area contributed by atoms with Gasteiger partial charge in [0.15, 0.2) is 0 Å². The second-order valence-corrected chi connectivity index (χ2v) is 5.25. The maximum absolute atomic E-state index is 10.2. The minimum atomic E-state index is -0.456. The molecule has 0 saturated carbocycles. The monoisotopic (exact) mass is 370 g/mol. The Hall–Kier alpha value is -0.566. The molecule has 1 nitrogen and oxygen atoms in total. The molecule has 0 aromatic heterocycles. The van der Waals surface area contributed by atoms with Crippen molar-refractivity contribution in [1.29, 1.82) is 0 Å². The predicted molar refractivity (Wildman–Crippen MR) is 95.4 cm³/mol. The summed E-state index contributed by atoms with van der Waals surface area (Å²) in [5.74, 6) is 0. The number of hydrogen-bond acceptors (Lipinski definition) is 1. The van der Waals surface area contributed by atoms with E-state index in [0.717, 1.165) is 17.4 Å². The van der Waals surface area contributed by atoms with Crippen LogP contribution in [0.1, 0.15) is 37.5 Å². The topological polar surface area (TPSA) is 20.2 Å². The summed E-state index contributed by atoms with van der Waals surface area (Å²) in [7, 11) is 0. The maximum Gasteiger partial charge on any atom is 0.0773 e. The van der Waals surface area contributed by atoms with Crippen LogP contribution in [-0.2, 0) is 21.7 Å². The average Bonchev–Trinajstić information content (AvgIpc) is 2.83. The maximum atomic E-state index is 10.2. The van der Waals surface area contributed by atoms with Crippen molar-refractivity contribution in [3.63, 3.8) is 0 Å². The molecule has 0 heterocycles. The molecule has 0 radical (unpaired) electrons. The second-order valence-electron chi connectivity index (χ2n) is 5.25. The normalized spacial score (nSPS) is 14.1. The summed E-state index contributed by atoms with van der Waals surface area (Å²) in [5.41, 5.74) is 4.84. The molecule has 1 aliphatic rings. The van der Waals surface area contributed by atoms with Crippen LogP contribution >= 0.6 is 24.8 Å². The minimum Gasteiger partial charge on any atom is -0.389 e. The average molecular weight is 371 g/mol. The number of allylic oxidation sites excluding steroid dienone is 4. The van der Waals surface area contributed by atoms with Crippen molar-refractivity contribution in [3.8, 4) is 0 Å². The van der Waals surface area contributed by atoms with E-state index in [-0.39, 0.29) is 46.5 Å². The third kappa shape index (κ3) is 4.04. The summed E-state index contributed by atoms with van der Waals surface area (Å²) in [4.78, 5) is 0. The molecule has 4 heteroatoms. The summed E-state index contributed by atoms with van der Waals surface area (Å²) in [6.07, 6.45) is 4.96. The number of benzene rings is 2. The third-order valence-corrected chi connectivity index (χ3v) is 3.78. The Morgan fingerprint density at radius 2 is 1.73 bits per heavy atom. The van der Waals surface area contributed by atoms with Crippen molar-refractivity contribution in [2.24, 2.45) is 0 Å². The van der Waals surface area contributed by atoms with Crippen LogP contribution in [0.3, 0.4) is 0 Å². The Balaban J connectivity index is 0.00000147. The Labute approximate surface area is 159 Å². The molecule has 0 amide bonds. The molecule has 116 valence electrons. The largest absolute Gasteiger partial charge is 0.389 e. The standard InChI is InChI=1S/C18H18O.2ClH.Ti/c1-12-7-8-15(11-12)17-10-9-14-5-3-4-6-16(14)18(17)13(2)19;;;/h3-7,9-11,13,19H,8H2,1-2H3;2*1H;. The van der Waals surface area contributed by atoms with Crippen LogP contribution in [0.5, 0.6) is 0 Å². The van der Waals surface area contributed by atoms with Gasteiger partial charge in [-0.2, -0.15) is 0 Å². The Morgan fingerprint density at radius 1 is 1.05 bits per heavy atom. The van der Waals surface area contributed by atoms with Crippen molar-refractivity contribution < 1.29 is 26.8 Å². The second kappa shape index (κ2) is 8.91. The molecule has 1 N–H and O–H groups in total. The molecule has 0 bridgehead atoms. The van der Waals surface area contributed by atoms with Gasteiger partial charge in [-0.3, -0.25) is 0 Å². The zero-order valence-corrected chi connectivity index (χ0v) is 15.9. The van der Waals surface area contributed by atoms with Crippen LogP contribution in [0.2, 0.25) is 0 Å². The fraction of sp³-hybridized carbons (Fsp3) is 0.222. The third-order valence-electron chi connectivity index (χ3n) is 3.78. The van der Waals surface area contributed by atoms with Gasteiger partial charge in [-0.1, -0.05) is 54.1 Å². The number of fused-ring (bicyclic) bond motifs is 1. The van der Waals surface area contributed by atoms with E-state index < -0.39 is 6.10 Å². The van der Waals surface area contributed by atoms with Gasteiger partial charge in [-0.05, 0) is 47.7 Å². The number of aliphatic hydroxyl groups is 1. The molecule has 0 spiro atoms. The van der Waals surface area contributed by atoms with E-state index in [9.17, 15) is 5.11 Å². The van der Waals surface area contributed by atoms with Gasteiger partial charge in [0.25, 0.3) is 0 Å². The Morgan fingerprint density at radius 3 is 2.32 bits per heavy atom. The van der Waals surface area contributed by atoms with Crippen molar-refractivity contribution in [2.75, 3.05) is 0 Å². The minimum absolute atomic E-state index is 0. The van der Waals surface area contributed by atoms with E-state index in [1.54, 1.807) is 0 Å².